The number of hydrogen-bond acceptors (Lipinski definition) is 2. The second-order valence-corrected chi connectivity index (χ2v) is 6.02. The zero-order chi connectivity index (χ0) is 12.5. The van der Waals surface area contributed by atoms with Gasteiger partial charge in [-0.25, -0.2) is 0 Å². The number of aryl methyl sites for hydroxylation is 1. The van der Waals surface area contributed by atoms with Crippen LogP contribution in [0.15, 0.2) is 18.2 Å². The first-order chi connectivity index (χ1) is 8.72. The van der Waals surface area contributed by atoms with Gasteiger partial charge in [0.1, 0.15) is 5.75 Å². The fraction of sp³-hybridized carbons (Fsp3) is 0.625. The van der Waals surface area contributed by atoms with E-state index in [9.17, 15) is 0 Å². The number of benzene rings is 1. The molecule has 0 bridgehead atoms. The van der Waals surface area contributed by atoms with Gasteiger partial charge in [-0.05, 0) is 61.3 Å². The van der Waals surface area contributed by atoms with Gasteiger partial charge in [0.2, 0.25) is 0 Å². The first-order valence-corrected chi connectivity index (χ1v) is 7.27. The number of fused-ring (bicyclic) bond motifs is 1. The second kappa shape index (κ2) is 4.93. The molecule has 1 fully saturated rings. The third-order valence-electron chi connectivity index (χ3n) is 4.43. The molecule has 2 unspecified atom stereocenters. The summed E-state index contributed by atoms with van der Waals surface area (Å²) in [6, 6.07) is 6.71. The minimum Gasteiger partial charge on any atom is -0.490 e. The van der Waals surface area contributed by atoms with Crippen LogP contribution in [-0.4, -0.2) is 6.10 Å². The van der Waals surface area contributed by atoms with E-state index in [0.717, 1.165) is 24.5 Å². The summed E-state index contributed by atoms with van der Waals surface area (Å²) >= 11 is 0. The molecule has 98 valence electrons. The molecule has 0 saturated heterocycles. The van der Waals surface area contributed by atoms with Gasteiger partial charge >= 0.3 is 0 Å². The first-order valence-electron chi connectivity index (χ1n) is 7.27. The molecule has 3 rings (SSSR count). The molecule has 0 spiro atoms. The van der Waals surface area contributed by atoms with Crippen molar-refractivity contribution >= 4 is 0 Å². The van der Waals surface area contributed by atoms with Crippen molar-refractivity contribution in [2.24, 2.45) is 11.7 Å². The van der Waals surface area contributed by atoms with Crippen LogP contribution in [0.3, 0.4) is 0 Å². The summed E-state index contributed by atoms with van der Waals surface area (Å²) in [5.74, 6) is 1.86. The highest BCUT2D eigenvalue weighted by Gasteiger charge is 2.22. The molecule has 2 aliphatic rings. The standard InChI is InChI=1S/C16H23NO/c1-11-3-2-4-13(9-11)18-14-6-7-15-12(10-14)5-8-16(15)17/h6-7,10-11,13,16H,2-5,8-9,17H2,1H3/t11?,13?,16-/m1/s1. The molecule has 0 radical (unpaired) electrons. The van der Waals surface area contributed by atoms with Crippen molar-refractivity contribution < 1.29 is 4.74 Å². The van der Waals surface area contributed by atoms with Crippen LogP contribution < -0.4 is 10.5 Å². The normalized spacial score (nSPS) is 31.1. The highest BCUT2D eigenvalue weighted by Crippen LogP contribution is 2.33. The molecule has 2 heteroatoms. The van der Waals surface area contributed by atoms with E-state index in [-0.39, 0.29) is 6.04 Å². The van der Waals surface area contributed by atoms with Gasteiger partial charge in [-0.2, -0.15) is 0 Å². The minimum atomic E-state index is 0.240. The van der Waals surface area contributed by atoms with Crippen LogP contribution in [0.1, 0.15) is 56.2 Å². The van der Waals surface area contributed by atoms with E-state index in [2.05, 4.69) is 25.1 Å². The van der Waals surface area contributed by atoms with Crippen molar-refractivity contribution in [1.82, 2.24) is 0 Å². The van der Waals surface area contributed by atoms with E-state index in [4.69, 9.17) is 10.5 Å². The monoisotopic (exact) mass is 245 g/mol. The number of rotatable bonds is 2. The van der Waals surface area contributed by atoms with Gasteiger partial charge in [0.25, 0.3) is 0 Å². The van der Waals surface area contributed by atoms with E-state index >= 15 is 0 Å². The van der Waals surface area contributed by atoms with Gasteiger partial charge in [-0.3, -0.25) is 0 Å². The Morgan fingerprint density at radius 1 is 1.22 bits per heavy atom. The van der Waals surface area contributed by atoms with E-state index in [1.165, 1.54) is 36.8 Å². The van der Waals surface area contributed by atoms with Gasteiger partial charge in [-0.15, -0.1) is 0 Å². The van der Waals surface area contributed by atoms with Crippen LogP contribution in [0, 0.1) is 5.92 Å². The van der Waals surface area contributed by atoms with Crippen LogP contribution in [0.2, 0.25) is 0 Å². The highest BCUT2D eigenvalue weighted by atomic mass is 16.5. The van der Waals surface area contributed by atoms with E-state index < -0.39 is 0 Å². The van der Waals surface area contributed by atoms with Gasteiger partial charge in [0.05, 0.1) is 6.10 Å². The number of nitrogens with two attached hydrogens (primary N) is 1. The Bertz CT molecular complexity index is 429. The summed E-state index contributed by atoms with van der Waals surface area (Å²) in [5, 5.41) is 0. The minimum absolute atomic E-state index is 0.240. The predicted octanol–water partition coefficient (Wildman–Crippen LogP) is 3.59. The Kier molecular flexibility index (Phi) is 3.29. The molecular formula is C16H23NO. The summed E-state index contributed by atoms with van der Waals surface area (Å²) in [5.41, 5.74) is 8.77. The lowest BCUT2D eigenvalue weighted by Gasteiger charge is -2.27. The Balaban J connectivity index is 1.70. The lowest BCUT2D eigenvalue weighted by molar-refractivity contribution is 0.129. The SMILES string of the molecule is CC1CCCC(Oc2ccc3c(c2)CC[C@H]3N)C1. The topological polar surface area (TPSA) is 35.2 Å². The Morgan fingerprint density at radius 2 is 2.11 bits per heavy atom. The molecule has 2 N–H and O–H groups in total. The molecule has 1 aromatic carbocycles. The molecule has 2 aliphatic carbocycles. The van der Waals surface area contributed by atoms with E-state index in [1.807, 2.05) is 0 Å². The summed E-state index contributed by atoms with van der Waals surface area (Å²) in [7, 11) is 0. The molecular weight excluding hydrogens is 222 g/mol. The first kappa shape index (κ1) is 12.0. The van der Waals surface area contributed by atoms with Crippen molar-refractivity contribution in [3.05, 3.63) is 29.3 Å². The maximum Gasteiger partial charge on any atom is 0.120 e. The lowest BCUT2D eigenvalue weighted by Crippen LogP contribution is -2.24. The Morgan fingerprint density at radius 3 is 2.94 bits per heavy atom. The molecule has 0 aliphatic heterocycles. The highest BCUT2D eigenvalue weighted by molar-refractivity contribution is 5.40. The molecule has 18 heavy (non-hydrogen) atoms. The van der Waals surface area contributed by atoms with Gasteiger partial charge < -0.3 is 10.5 Å². The van der Waals surface area contributed by atoms with Crippen molar-refractivity contribution in [3.8, 4) is 5.75 Å². The van der Waals surface area contributed by atoms with E-state index in [1.54, 1.807) is 0 Å². The van der Waals surface area contributed by atoms with Gasteiger partial charge in [-0.1, -0.05) is 19.4 Å². The van der Waals surface area contributed by atoms with Crippen molar-refractivity contribution in [3.63, 3.8) is 0 Å². The molecule has 0 heterocycles. The van der Waals surface area contributed by atoms with Crippen molar-refractivity contribution in [2.45, 2.75) is 57.6 Å². The summed E-state index contributed by atoms with van der Waals surface area (Å²) in [4.78, 5) is 0. The zero-order valence-electron chi connectivity index (χ0n) is 11.2. The summed E-state index contributed by atoms with van der Waals surface area (Å²) < 4.78 is 6.15. The van der Waals surface area contributed by atoms with Crippen LogP contribution in [0.5, 0.6) is 5.75 Å². The third kappa shape index (κ3) is 2.39. The largest absolute Gasteiger partial charge is 0.490 e. The van der Waals surface area contributed by atoms with Crippen molar-refractivity contribution in [2.75, 3.05) is 0 Å². The van der Waals surface area contributed by atoms with Crippen LogP contribution in [-0.2, 0) is 6.42 Å². The lowest BCUT2D eigenvalue weighted by atomic mass is 9.89. The molecule has 0 aromatic heterocycles. The van der Waals surface area contributed by atoms with Gasteiger partial charge in [0, 0.05) is 6.04 Å². The number of hydrogen-bond donors (Lipinski definition) is 1. The maximum absolute atomic E-state index is 6.15. The zero-order valence-corrected chi connectivity index (χ0v) is 11.2. The molecule has 1 saturated carbocycles. The fourth-order valence-corrected chi connectivity index (χ4v) is 3.38. The maximum atomic E-state index is 6.15. The third-order valence-corrected chi connectivity index (χ3v) is 4.43. The molecule has 3 atom stereocenters. The molecule has 1 aromatic rings. The second-order valence-electron chi connectivity index (χ2n) is 6.02. The predicted molar refractivity (Wildman–Crippen MR) is 73.7 cm³/mol. The Labute approximate surface area is 110 Å². The van der Waals surface area contributed by atoms with Crippen molar-refractivity contribution in [1.29, 1.82) is 0 Å². The van der Waals surface area contributed by atoms with Crippen LogP contribution in [0.25, 0.3) is 0 Å². The summed E-state index contributed by atoms with van der Waals surface area (Å²) in [6.07, 6.45) is 7.69. The average molecular weight is 245 g/mol. The Hall–Kier alpha value is -1.02. The average Bonchev–Trinajstić information content (AvgIpc) is 2.71. The summed E-state index contributed by atoms with van der Waals surface area (Å²) in [6.45, 7) is 2.33. The van der Waals surface area contributed by atoms with Gasteiger partial charge in [0.15, 0.2) is 0 Å². The van der Waals surface area contributed by atoms with E-state index in [0.29, 0.717) is 6.10 Å². The fourth-order valence-electron chi connectivity index (χ4n) is 3.38. The quantitative estimate of drug-likeness (QED) is 0.864. The number of ether oxygens (including phenoxy) is 1. The van der Waals surface area contributed by atoms with Crippen LogP contribution in [0.4, 0.5) is 0 Å². The van der Waals surface area contributed by atoms with Crippen LogP contribution >= 0.6 is 0 Å². The molecule has 2 nitrogen and oxygen atoms in total. The molecule has 0 amide bonds. The smallest absolute Gasteiger partial charge is 0.120 e.